The topological polar surface area (TPSA) is 84.6 Å². The largest absolute Gasteiger partial charge is 0.483 e. The van der Waals surface area contributed by atoms with Crippen LogP contribution in [-0.4, -0.2) is 35.8 Å². The van der Waals surface area contributed by atoms with E-state index in [-0.39, 0.29) is 23.1 Å². The van der Waals surface area contributed by atoms with Gasteiger partial charge in [0, 0.05) is 12.6 Å². The second-order valence-electron chi connectivity index (χ2n) is 4.01. The molecule has 1 aromatic rings. The third-order valence-corrected chi connectivity index (χ3v) is 2.67. The molecule has 6 nitrogen and oxygen atoms in total. The van der Waals surface area contributed by atoms with Crippen molar-refractivity contribution in [1.29, 1.82) is 0 Å². The highest BCUT2D eigenvalue weighted by atomic mass is 35.5. The van der Waals surface area contributed by atoms with Gasteiger partial charge in [-0.2, -0.15) is 0 Å². The van der Waals surface area contributed by atoms with E-state index in [1.165, 1.54) is 18.2 Å². The first-order valence-corrected chi connectivity index (χ1v) is 6.38. The molecule has 0 spiro atoms. The summed E-state index contributed by atoms with van der Waals surface area (Å²) in [5.41, 5.74) is -0.207. The molecule has 0 aliphatic carbocycles. The van der Waals surface area contributed by atoms with Gasteiger partial charge in [0.25, 0.3) is 0 Å². The first-order valence-electron chi connectivity index (χ1n) is 6.00. The summed E-state index contributed by atoms with van der Waals surface area (Å²) in [5, 5.41) is 23.7. The summed E-state index contributed by atoms with van der Waals surface area (Å²) in [7, 11) is 0. The fourth-order valence-electron chi connectivity index (χ4n) is 1.47. The van der Waals surface area contributed by atoms with E-state index in [0.717, 1.165) is 13.0 Å². The average Bonchev–Trinajstić information content (AvgIpc) is 2.37. The molecule has 2 N–H and O–H groups in total. The number of nitrogens with zero attached hydrogens (tertiary/aromatic N) is 1. The molecule has 0 bridgehead atoms. The first-order chi connectivity index (χ1) is 9.06. The van der Waals surface area contributed by atoms with Crippen molar-refractivity contribution in [3.8, 4) is 5.75 Å². The minimum Gasteiger partial charge on any atom is -0.483 e. The van der Waals surface area contributed by atoms with Crippen molar-refractivity contribution in [2.75, 3.05) is 19.7 Å². The second-order valence-corrected chi connectivity index (χ2v) is 4.42. The summed E-state index contributed by atoms with van der Waals surface area (Å²) in [6.45, 7) is 3.12. The van der Waals surface area contributed by atoms with Gasteiger partial charge in [-0.25, -0.2) is 0 Å². The molecule has 0 radical (unpaired) electrons. The molecule has 0 aliphatic heterocycles. The Kier molecular flexibility index (Phi) is 6.55. The van der Waals surface area contributed by atoms with Crippen LogP contribution in [0, 0.1) is 10.1 Å². The van der Waals surface area contributed by atoms with Gasteiger partial charge in [0.15, 0.2) is 0 Å². The van der Waals surface area contributed by atoms with Crippen LogP contribution in [-0.2, 0) is 0 Å². The Hall–Kier alpha value is -1.37. The lowest BCUT2D eigenvalue weighted by atomic mass is 10.3. The Morgan fingerprint density at radius 1 is 1.58 bits per heavy atom. The highest BCUT2D eigenvalue weighted by Crippen LogP contribution is 2.34. The van der Waals surface area contributed by atoms with Crippen molar-refractivity contribution in [3.05, 3.63) is 33.3 Å². The first kappa shape index (κ1) is 15.7. The number of hydrogen-bond acceptors (Lipinski definition) is 5. The molecule has 0 aliphatic rings. The zero-order valence-electron chi connectivity index (χ0n) is 10.6. The van der Waals surface area contributed by atoms with E-state index >= 15 is 0 Å². The van der Waals surface area contributed by atoms with E-state index in [9.17, 15) is 15.2 Å². The highest BCUT2D eigenvalue weighted by Gasteiger charge is 2.19. The number of halogens is 1. The quantitative estimate of drug-likeness (QED) is 0.434. The Morgan fingerprint density at radius 2 is 2.32 bits per heavy atom. The molecule has 1 atom stereocenters. The number of nitro groups is 1. The zero-order valence-corrected chi connectivity index (χ0v) is 11.4. The summed E-state index contributed by atoms with van der Waals surface area (Å²) in [5.74, 6) is -0.0105. The Labute approximate surface area is 116 Å². The van der Waals surface area contributed by atoms with Crippen LogP contribution in [0.15, 0.2) is 18.2 Å². The molecule has 0 saturated heterocycles. The van der Waals surface area contributed by atoms with Gasteiger partial charge in [-0.05, 0) is 19.0 Å². The van der Waals surface area contributed by atoms with Crippen molar-refractivity contribution in [3.63, 3.8) is 0 Å². The molecule has 106 valence electrons. The SMILES string of the molecule is CCCNCC(O)COc1c(Cl)cccc1[N+](=O)[O-]. The standard InChI is InChI=1S/C12H17ClN2O4/c1-2-6-14-7-9(16)8-19-12-10(13)4-3-5-11(12)15(17)18/h3-5,9,14,16H,2,6-8H2,1H3. The van der Waals surface area contributed by atoms with Crippen LogP contribution in [0.4, 0.5) is 5.69 Å². The molecule has 0 amide bonds. The number of aliphatic hydroxyl groups is 1. The van der Waals surface area contributed by atoms with E-state index in [1.54, 1.807) is 0 Å². The van der Waals surface area contributed by atoms with Crippen LogP contribution in [0.5, 0.6) is 5.75 Å². The third-order valence-electron chi connectivity index (χ3n) is 2.37. The number of ether oxygens (including phenoxy) is 1. The van der Waals surface area contributed by atoms with Crippen LogP contribution < -0.4 is 10.1 Å². The van der Waals surface area contributed by atoms with Gasteiger partial charge in [0.2, 0.25) is 5.75 Å². The van der Waals surface area contributed by atoms with E-state index in [2.05, 4.69) is 5.32 Å². The molecule has 19 heavy (non-hydrogen) atoms. The van der Waals surface area contributed by atoms with Crippen molar-refractivity contribution < 1.29 is 14.8 Å². The van der Waals surface area contributed by atoms with Crippen LogP contribution in [0.25, 0.3) is 0 Å². The summed E-state index contributed by atoms with van der Waals surface area (Å²) < 4.78 is 5.26. The van der Waals surface area contributed by atoms with Gasteiger partial charge >= 0.3 is 5.69 Å². The van der Waals surface area contributed by atoms with E-state index in [4.69, 9.17) is 16.3 Å². The number of nitrogens with one attached hydrogen (secondary N) is 1. The number of hydrogen-bond donors (Lipinski definition) is 2. The fraction of sp³-hybridized carbons (Fsp3) is 0.500. The molecule has 1 aromatic carbocycles. The Bertz CT molecular complexity index is 428. The summed E-state index contributed by atoms with van der Waals surface area (Å²) in [6, 6.07) is 4.29. The molecule has 1 rings (SSSR count). The van der Waals surface area contributed by atoms with Crippen LogP contribution >= 0.6 is 11.6 Å². The van der Waals surface area contributed by atoms with Crippen molar-refractivity contribution in [1.82, 2.24) is 5.32 Å². The molecule has 7 heteroatoms. The van der Waals surface area contributed by atoms with Gasteiger partial charge in [-0.15, -0.1) is 0 Å². The number of rotatable bonds is 8. The maximum atomic E-state index is 10.8. The molecule has 0 saturated carbocycles. The average molecular weight is 289 g/mol. The minimum atomic E-state index is -0.748. The molecular formula is C12H17ClN2O4. The molecule has 1 unspecified atom stereocenters. The minimum absolute atomic E-state index is 0.0105. The lowest BCUT2D eigenvalue weighted by Crippen LogP contribution is -2.31. The van der Waals surface area contributed by atoms with Gasteiger partial charge < -0.3 is 15.2 Å². The number of nitro benzene ring substituents is 1. The normalized spacial score (nSPS) is 12.2. The van der Waals surface area contributed by atoms with Crippen LogP contribution in [0.3, 0.4) is 0 Å². The fourth-order valence-corrected chi connectivity index (χ4v) is 1.69. The zero-order chi connectivity index (χ0) is 14.3. The van der Waals surface area contributed by atoms with Gasteiger partial charge in [-0.3, -0.25) is 10.1 Å². The van der Waals surface area contributed by atoms with E-state index in [0.29, 0.717) is 6.54 Å². The number of benzene rings is 1. The monoisotopic (exact) mass is 288 g/mol. The molecule has 0 heterocycles. The number of aliphatic hydroxyl groups excluding tert-OH is 1. The highest BCUT2D eigenvalue weighted by molar-refractivity contribution is 6.32. The Morgan fingerprint density at radius 3 is 2.95 bits per heavy atom. The maximum Gasteiger partial charge on any atom is 0.312 e. The van der Waals surface area contributed by atoms with Crippen LogP contribution in [0.1, 0.15) is 13.3 Å². The van der Waals surface area contributed by atoms with E-state index < -0.39 is 11.0 Å². The molecule has 0 fully saturated rings. The summed E-state index contributed by atoms with van der Waals surface area (Å²) >= 11 is 5.86. The van der Waals surface area contributed by atoms with Gasteiger partial charge in [0.05, 0.1) is 9.95 Å². The molecular weight excluding hydrogens is 272 g/mol. The lowest BCUT2D eigenvalue weighted by molar-refractivity contribution is -0.385. The number of para-hydroxylation sites is 1. The summed E-state index contributed by atoms with van der Waals surface area (Å²) in [6.07, 6.45) is 0.214. The smallest absolute Gasteiger partial charge is 0.312 e. The van der Waals surface area contributed by atoms with Crippen molar-refractivity contribution >= 4 is 17.3 Å². The van der Waals surface area contributed by atoms with Gasteiger partial charge in [0.1, 0.15) is 12.7 Å². The van der Waals surface area contributed by atoms with Gasteiger partial charge in [-0.1, -0.05) is 24.6 Å². The van der Waals surface area contributed by atoms with E-state index in [1.807, 2.05) is 6.92 Å². The maximum absolute atomic E-state index is 10.8. The van der Waals surface area contributed by atoms with Crippen LogP contribution in [0.2, 0.25) is 5.02 Å². The third kappa shape index (κ3) is 5.02. The van der Waals surface area contributed by atoms with Crippen molar-refractivity contribution in [2.24, 2.45) is 0 Å². The lowest BCUT2D eigenvalue weighted by Gasteiger charge is -2.13. The van der Waals surface area contributed by atoms with Crippen molar-refractivity contribution in [2.45, 2.75) is 19.4 Å². The second kappa shape index (κ2) is 7.93. The Balaban J connectivity index is 2.59. The molecule has 0 aromatic heterocycles. The predicted octanol–water partition coefficient (Wildman–Crippen LogP) is 1.99. The summed E-state index contributed by atoms with van der Waals surface area (Å²) in [4.78, 5) is 10.3. The predicted molar refractivity (Wildman–Crippen MR) is 72.8 cm³/mol.